The van der Waals surface area contributed by atoms with Crippen LogP contribution in [0, 0.1) is 5.92 Å². The Morgan fingerprint density at radius 2 is 1.89 bits per heavy atom. The van der Waals surface area contributed by atoms with E-state index in [1.165, 1.54) is 18.3 Å². The van der Waals surface area contributed by atoms with Gasteiger partial charge in [0.15, 0.2) is 0 Å². The summed E-state index contributed by atoms with van der Waals surface area (Å²) in [5.41, 5.74) is 2.46. The van der Waals surface area contributed by atoms with E-state index < -0.39 is 11.7 Å². The first kappa shape index (κ1) is 20.0. The van der Waals surface area contributed by atoms with E-state index in [0.717, 1.165) is 18.9 Å². The zero-order valence-corrected chi connectivity index (χ0v) is 15.2. The second-order valence-corrected chi connectivity index (χ2v) is 6.70. The van der Waals surface area contributed by atoms with Crippen molar-refractivity contribution in [2.24, 2.45) is 11.0 Å². The highest BCUT2D eigenvalue weighted by molar-refractivity contribution is 5.92. The molecule has 3 rings (SSSR count). The summed E-state index contributed by atoms with van der Waals surface area (Å²) in [6, 6.07) is 10.7. The van der Waals surface area contributed by atoms with Crippen molar-refractivity contribution < 1.29 is 18.0 Å². The van der Waals surface area contributed by atoms with Crippen LogP contribution in [0.2, 0.25) is 0 Å². The number of hydrazone groups is 1. The summed E-state index contributed by atoms with van der Waals surface area (Å²) in [6.07, 6.45) is 0.439. The van der Waals surface area contributed by atoms with Crippen LogP contribution in [0.15, 0.2) is 53.8 Å². The van der Waals surface area contributed by atoms with Crippen molar-refractivity contribution in [2.45, 2.75) is 25.6 Å². The largest absolute Gasteiger partial charge is 0.416 e. The molecule has 1 saturated heterocycles. The van der Waals surface area contributed by atoms with E-state index in [-0.39, 0.29) is 24.1 Å². The lowest BCUT2D eigenvalue weighted by atomic mass is 9.97. The third-order valence-corrected chi connectivity index (χ3v) is 4.70. The molecule has 0 spiro atoms. The third-order valence-electron chi connectivity index (χ3n) is 4.70. The van der Waals surface area contributed by atoms with E-state index in [1.54, 1.807) is 30.5 Å². The lowest BCUT2D eigenvalue weighted by molar-refractivity contribution is -0.138. The number of nitrogens with one attached hydrogen (secondary N) is 1. The Morgan fingerprint density at radius 1 is 1.18 bits per heavy atom. The molecule has 0 bridgehead atoms. The molecule has 148 valence electrons. The van der Waals surface area contributed by atoms with Crippen LogP contribution in [0.5, 0.6) is 0 Å². The van der Waals surface area contributed by atoms with Gasteiger partial charge in [-0.2, -0.15) is 18.3 Å². The number of carbonyl (C=O) groups is 1. The zero-order chi connectivity index (χ0) is 20.0. The highest BCUT2D eigenvalue weighted by Crippen LogP contribution is 2.32. The lowest BCUT2D eigenvalue weighted by Crippen LogP contribution is -2.34. The molecule has 1 aromatic carbocycles. The van der Waals surface area contributed by atoms with Gasteiger partial charge in [0, 0.05) is 19.0 Å². The number of hydrogen-bond donors (Lipinski definition) is 1. The van der Waals surface area contributed by atoms with E-state index >= 15 is 0 Å². The van der Waals surface area contributed by atoms with Gasteiger partial charge in [-0.05, 0) is 55.6 Å². The summed E-state index contributed by atoms with van der Waals surface area (Å²) in [4.78, 5) is 17.8. The molecule has 0 radical (unpaired) electrons. The molecule has 1 fully saturated rings. The highest BCUT2D eigenvalue weighted by Gasteiger charge is 2.33. The predicted molar refractivity (Wildman–Crippen MR) is 99.6 cm³/mol. The number of alkyl halides is 3. The van der Waals surface area contributed by atoms with Gasteiger partial charge in [-0.1, -0.05) is 24.3 Å². The van der Waals surface area contributed by atoms with Crippen molar-refractivity contribution in [3.63, 3.8) is 0 Å². The number of rotatable bonds is 5. The first-order chi connectivity index (χ1) is 13.4. The third kappa shape index (κ3) is 5.39. The first-order valence-electron chi connectivity index (χ1n) is 9.05. The maximum Gasteiger partial charge on any atom is 0.416 e. The molecule has 1 amide bonds. The van der Waals surface area contributed by atoms with Crippen LogP contribution in [0.25, 0.3) is 0 Å². The number of amides is 1. The summed E-state index contributed by atoms with van der Waals surface area (Å²) >= 11 is 0. The lowest BCUT2D eigenvalue weighted by Gasteiger charge is -2.30. The Balaban J connectivity index is 1.48. The van der Waals surface area contributed by atoms with Crippen LogP contribution in [-0.4, -0.2) is 35.1 Å². The maximum atomic E-state index is 13.1. The Kier molecular flexibility index (Phi) is 6.41. The zero-order valence-electron chi connectivity index (χ0n) is 15.2. The van der Waals surface area contributed by atoms with Crippen LogP contribution < -0.4 is 5.43 Å². The summed E-state index contributed by atoms with van der Waals surface area (Å²) in [6.45, 7) is 1.63. The van der Waals surface area contributed by atoms with E-state index in [4.69, 9.17) is 0 Å². The van der Waals surface area contributed by atoms with Crippen molar-refractivity contribution in [3.8, 4) is 0 Å². The van der Waals surface area contributed by atoms with Crippen molar-refractivity contribution in [2.75, 3.05) is 13.1 Å². The molecule has 0 atom stereocenters. The van der Waals surface area contributed by atoms with E-state index in [2.05, 4.69) is 15.5 Å². The molecular weight excluding hydrogens is 369 g/mol. The normalized spacial score (nSPS) is 16.4. The first-order valence-corrected chi connectivity index (χ1v) is 9.05. The molecule has 0 aliphatic carbocycles. The van der Waals surface area contributed by atoms with Crippen molar-refractivity contribution >= 4 is 12.1 Å². The van der Waals surface area contributed by atoms with Crippen molar-refractivity contribution in [1.29, 1.82) is 0 Å². The number of benzene rings is 1. The predicted octanol–water partition coefficient (Wildman–Crippen LogP) is 3.73. The second kappa shape index (κ2) is 8.97. The van der Waals surface area contributed by atoms with Crippen LogP contribution >= 0.6 is 0 Å². The van der Waals surface area contributed by atoms with Crippen LogP contribution in [-0.2, 0) is 12.7 Å². The molecule has 2 aromatic rings. The molecule has 1 aromatic heterocycles. The molecule has 0 saturated carbocycles. The van der Waals surface area contributed by atoms with Gasteiger partial charge in [-0.15, -0.1) is 0 Å². The van der Waals surface area contributed by atoms with Gasteiger partial charge in [-0.3, -0.25) is 14.7 Å². The number of aromatic nitrogens is 1. The van der Waals surface area contributed by atoms with Gasteiger partial charge in [0.25, 0.3) is 5.91 Å². The Labute approximate surface area is 161 Å². The number of nitrogens with zero attached hydrogens (tertiary/aromatic N) is 3. The van der Waals surface area contributed by atoms with Gasteiger partial charge >= 0.3 is 6.18 Å². The smallest absolute Gasteiger partial charge is 0.299 e. The molecule has 5 nitrogen and oxygen atoms in total. The highest BCUT2D eigenvalue weighted by atomic mass is 19.4. The quantitative estimate of drug-likeness (QED) is 0.625. The fourth-order valence-corrected chi connectivity index (χ4v) is 3.19. The topological polar surface area (TPSA) is 57.6 Å². The fraction of sp³-hybridized carbons (Fsp3) is 0.350. The Bertz CT molecular complexity index is 816. The van der Waals surface area contributed by atoms with Crippen LogP contribution in [0.3, 0.4) is 0 Å². The van der Waals surface area contributed by atoms with E-state index in [0.29, 0.717) is 18.7 Å². The second-order valence-electron chi connectivity index (χ2n) is 6.70. The minimum absolute atomic E-state index is 0.179. The number of halogens is 3. The average molecular weight is 390 g/mol. The van der Waals surface area contributed by atoms with Gasteiger partial charge in [0.2, 0.25) is 0 Å². The van der Waals surface area contributed by atoms with Gasteiger partial charge in [-0.25, -0.2) is 5.43 Å². The Hall–Kier alpha value is -2.74. The van der Waals surface area contributed by atoms with E-state index in [1.807, 2.05) is 4.90 Å². The summed E-state index contributed by atoms with van der Waals surface area (Å²) in [5, 5.41) is 3.99. The standard InChI is InChI=1S/C20H21F3N4O/c21-20(22,23)17-6-2-1-5-16(17)14-27-11-8-15(9-12-27)13-25-26-19(28)18-7-3-4-10-24-18/h1-7,10,13,15H,8-9,11-12,14H2,(H,26,28)/b25-13+. The molecule has 2 heterocycles. The minimum atomic E-state index is -4.34. The molecule has 0 unspecified atom stereocenters. The van der Waals surface area contributed by atoms with Crippen LogP contribution in [0.1, 0.15) is 34.5 Å². The summed E-state index contributed by atoms with van der Waals surface area (Å²) in [7, 11) is 0. The number of hydrogen-bond acceptors (Lipinski definition) is 4. The number of pyridine rings is 1. The molecule has 1 N–H and O–H groups in total. The molecule has 28 heavy (non-hydrogen) atoms. The van der Waals surface area contributed by atoms with Gasteiger partial charge in [0.1, 0.15) is 5.69 Å². The minimum Gasteiger partial charge on any atom is -0.299 e. The molecular formula is C20H21F3N4O. The van der Waals surface area contributed by atoms with Gasteiger partial charge in [0.05, 0.1) is 5.56 Å². The maximum absolute atomic E-state index is 13.1. The van der Waals surface area contributed by atoms with Crippen molar-refractivity contribution in [3.05, 3.63) is 65.5 Å². The molecule has 1 aliphatic rings. The van der Waals surface area contributed by atoms with E-state index in [9.17, 15) is 18.0 Å². The SMILES string of the molecule is O=C(N/N=C/C1CCN(Cc2ccccc2C(F)(F)F)CC1)c1ccccn1. The number of likely N-dealkylation sites (tertiary alicyclic amines) is 1. The monoisotopic (exact) mass is 390 g/mol. The van der Waals surface area contributed by atoms with Crippen LogP contribution in [0.4, 0.5) is 13.2 Å². The average Bonchev–Trinajstić information content (AvgIpc) is 2.69. The number of piperidine rings is 1. The Morgan fingerprint density at radius 3 is 2.57 bits per heavy atom. The fourth-order valence-electron chi connectivity index (χ4n) is 3.19. The number of carbonyl (C=O) groups excluding carboxylic acids is 1. The summed E-state index contributed by atoms with van der Waals surface area (Å²) < 4.78 is 39.4. The van der Waals surface area contributed by atoms with Gasteiger partial charge < -0.3 is 0 Å². The molecule has 1 aliphatic heterocycles. The molecule has 8 heteroatoms. The van der Waals surface area contributed by atoms with Crippen molar-refractivity contribution in [1.82, 2.24) is 15.3 Å². The summed E-state index contributed by atoms with van der Waals surface area (Å²) in [5.74, 6) is -0.198.